The molecule has 0 bridgehead atoms. The van der Waals surface area contributed by atoms with Crippen LogP contribution < -0.4 is 4.74 Å². The average molecular weight is 279 g/mol. The van der Waals surface area contributed by atoms with Gasteiger partial charge < -0.3 is 19.5 Å². The lowest BCUT2D eigenvalue weighted by Crippen LogP contribution is -2.31. The third-order valence-corrected chi connectivity index (χ3v) is 2.44. The molecule has 6 nitrogen and oxygen atoms in total. The van der Waals surface area contributed by atoms with Crippen molar-refractivity contribution in [3.8, 4) is 5.75 Å². The Hall–Kier alpha value is -2.50. The van der Waals surface area contributed by atoms with E-state index in [2.05, 4.69) is 6.58 Å². The van der Waals surface area contributed by atoms with Crippen molar-refractivity contribution in [1.29, 1.82) is 0 Å². The topological polar surface area (TPSA) is 76.1 Å². The quantitative estimate of drug-likeness (QED) is 0.773. The highest BCUT2D eigenvalue weighted by Crippen LogP contribution is 2.17. The molecule has 0 fully saturated rings. The van der Waals surface area contributed by atoms with Crippen LogP contribution in [0.2, 0.25) is 0 Å². The van der Waals surface area contributed by atoms with Gasteiger partial charge in [-0.2, -0.15) is 0 Å². The summed E-state index contributed by atoms with van der Waals surface area (Å²) in [7, 11) is 1.57. The van der Waals surface area contributed by atoms with Crippen LogP contribution in [0, 0.1) is 0 Å². The van der Waals surface area contributed by atoms with E-state index in [1.165, 1.54) is 17.0 Å². The van der Waals surface area contributed by atoms with E-state index in [1.807, 2.05) is 0 Å². The summed E-state index contributed by atoms with van der Waals surface area (Å²) in [4.78, 5) is 23.7. The molecule has 0 aromatic heterocycles. The van der Waals surface area contributed by atoms with Crippen LogP contribution in [-0.4, -0.2) is 48.9 Å². The lowest BCUT2D eigenvalue weighted by Gasteiger charge is -2.17. The Morgan fingerprint density at radius 1 is 1.40 bits per heavy atom. The van der Waals surface area contributed by atoms with Crippen molar-refractivity contribution < 1.29 is 24.2 Å². The minimum Gasteiger partial charge on any atom is -0.491 e. The Bertz CT molecular complexity index is 486. The SMILES string of the molecule is C=CCOC(=O)N(C)CCOc1ccccc1C(=O)O. The summed E-state index contributed by atoms with van der Waals surface area (Å²) in [6.07, 6.45) is 0.991. The van der Waals surface area contributed by atoms with Crippen LogP contribution in [0.3, 0.4) is 0 Å². The van der Waals surface area contributed by atoms with Crippen molar-refractivity contribution >= 4 is 12.1 Å². The molecule has 1 amide bonds. The van der Waals surface area contributed by atoms with Gasteiger partial charge in [-0.3, -0.25) is 0 Å². The second-order valence-electron chi connectivity index (χ2n) is 3.94. The number of carboxylic acid groups (broad SMARTS) is 1. The summed E-state index contributed by atoms with van der Waals surface area (Å²) in [5.74, 6) is -0.785. The highest BCUT2D eigenvalue weighted by atomic mass is 16.6. The molecule has 0 saturated heterocycles. The first kappa shape index (κ1) is 15.6. The molecule has 108 valence electrons. The standard InChI is InChI=1S/C14H17NO5/c1-3-9-20-14(18)15(2)8-10-19-12-7-5-4-6-11(12)13(16)17/h3-7H,1,8-10H2,2H3,(H,16,17). The molecule has 0 spiro atoms. The molecule has 6 heteroatoms. The van der Waals surface area contributed by atoms with Crippen molar-refractivity contribution in [2.24, 2.45) is 0 Å². The second-order valence-corrected chi connectivity index (χ2v) is 3.94. The zero-order valence-electron chi connectivity index (χ0n) is 11.2. The van der Waals surface area contributed by atoms with Gasteiger partial charge in [0.1, 0.15) is 24.5 Å². The summed E-state index contributed by atoms with van der Waals surface area (Å²) < 4.78 is 10.2. The third-order valence-electron chi connectivity index (χ3n) is 2.44. The fraction of sp³-hybridized carbons (Fsp3) is 0.286. The number of benzene rings is 1. The number of hydrogen-bond acceptors (Lipinski definition) is 4. The molecule has 0 aliphatic carbocycles. The van der Waals surface area contributed by atoms with Gasteiger partial charge in [-0.15, -0.1) is 0 Å². The number of carbonyl (C=O) groups is 2. The van der Waals surface area contributed by atoms with Gasteiger partial charge in [0, 0.05) is 7.05 Å². The maximum atomic E-state index is 11.4. The van der Waals surface area contributed by atoms with E-state index in [1.54, 1.807) is 25.2 Å². The predicted octanol–water partition coefficient (Wildman–Crippen LogP) is 2.02. The first-order chi connectivity index (χ1) is 9.56. The zero-order chi connectivity index (χ0) is 15.0. The van der Waals surface area contributed by atoms with Crippen molar-refractivity contribution in [3.05, 3.63) is 42.5 Å². The fourth-order valence-electron chi connectivity index (χ4n) is 1.39. The Labute approximate surface area is 117 Å². The van der Waals surface area contributed by atoms with Crippen LogP contribution in [0.1, 0.15) is 10.4 Å². The maximum Gasteiger partial charge on any atom is 0.409 e. The summed E-state index contributed by atoms with van der Waals surface area (Å²) >= 11 is 0. The molecule has 1 rings (SSSR count). The summed E-state index contributed by atoms with van der Waals surface area (Å²) in [5, 5.41) is 8.99. The van der Waals surface area contributed by atoms with Gasteiger partial charge in [-0.1, -0.05) is 24.8 Å². The van der Waals surface area contributed by atoms with Gasteiger partial charge in [0.15, 0.2) is 0 Å². The molecule has 20 heavy (non-hydrogen) atoms. The van der Waals surface area contributed by atoms with Gasteiger partial charge in [0.05, 0.1) is 6.54 Å². The van der Waals surface area contributed by atoms with Gasteiger partial charge >= 0.3 is 12.1 Å². The van der Waals surface area contributed by atoms with Gasteiger partial charge in [-0.05, 0) is 12.1 Å². The minimum absolute atomic E-state index is 0.0874. The highest BCUT2D eigenvalue weighted by Gasteiger charge is 2.12. The Morgan fingerprint density at radius 3 is 2.75 bits per heavy atom. The van der Waals surface area contributed by atoms with Gasteiger partial charge in [0.2, 0.25) is 0 Å². The van der Waals surface area contributed by atoms with E-state index in [9.17, 15) is 9.59 Å². The second kappa shape index (κ2) is 7.83. The van der Waals surface area contributed by atoms with Crippen LogP contribution in [0.25, 0.3) is 0 Å². The average Bonchev–Trinajstić information content (AvgIpc) is 2.44. The molecule has 0 heterocycles. The molecule has 0 radical (unpaired) electrons. The van der Waals surface area contributed by atoms with Crippen LogP contribution in [0.5, 0.6) is 5.75 Å². The normalized spacial score (nSPS) is 9.65. The number of amides is 1. The predicted molar refractivity (Wildman–Crippen MR) is 73.1 cm³/mol. The molecule has 0 atom stereocenters. The lowest BCUT2D eigenvalue weighted by molar-refractivity contribution is 0.0690. The number of aromatic carboxylic acids is 1. The molecule has 0 aliphatic rings. The smallest absolute Gasteiger partial charge is 0.409 e. The summed E-state index contributed by atoms with van der Waals surface area (Å²) in [6.45, 7) is 4.04. The van der Waals surface area contributed by atoms with Crippen molar-refractivity contribution in [2.45, 2.75) is 0 Å². The third kappa shape index (κ3) is 4.64. The molecule has 1 N–H and O–H groups in total. The van der Waals surface area contributed by atoms with Crippen molar-refractivity contribution in [3.63, 3.8) is 0 Å². The van der Waals surface area contributed by atoms with Crippen LogP contribution in [0.15, 0.2) is 36.9 Å². The number of nitrogens with zero attached hydrogens (tertiary/aromatic N) is 1. The number of para-hydroxylation sites is 1. The molecule has 0 aliphatic heterocycles. The number of hydrogen-bond donors (Lipinski definition) is 1. The first-order valence-corrected chi connectivity index (χ1v) is 6.00. The molecule has 0 saturated carbocycles. The molecule has 1 aromatic carbocycles. The molecule has 1 aromatic rings. The number of rotatable bonds is 7. The van der Waals surface area contributed by atoms with Crippen molar-refractivity contribution in [1.82, 2.24) is 4.90 Å². The minimum atomic E-state index is -1.06. The number of carbonyl (C=O) groups excluding carboxylic acids is 1. The van der Waals surface area contributed by atoms with E-state index in [-0.39, 0.29) is 31.1 Å². The Kier molecular flexibility index (Phi) is 6.09. The highest BCUT2D eigenvalue weighted by molar-refractivity contribution is 5.90. The number of likely N-dealkylation sites (N-methyl/N-ethyl adjacent to an activating group) is 1. The zero-order valence-corrected chi connectivity index (χ0v) is 11.2. The molecular formula is C14H17NO5. The molecule has 0 unspecified atom stereocenters. The van der Waals surface area contributed by atoms with E-state index in [0.29, 0.717) is 0 Å². The Balaban J connectivity index is 2.46. The van der Waals surface area contributed by atoms with Crippen LogP contribution in [-0.2, 0) is 4.74 Å². The largest absolute Gasteiger partial charge is 0.491 e. The van der Waals surface area contributed by atoms with E-state index < -0.39 is 12.1 Å². The summed E-state index contributed by atoms with van der Waals surface area (Å²) in [6, 6.07) is 6.33. The summed E-state index contributed by atoms with van der Waals surface area (Å²) in [5.41, 5.74) is 0.0874. The van der Waals surface area contributed by atoms with Crippen molar-refractivity contribution in [2.75, 3.05) is 26.8 Å². The van der Waals surface area contributed by atoms with Crippen LogP contribution >= 0.6 is 0 Å². The first-order valence-electron chi connectivity index (χ1n) is 6.00. The van der Waals surface area contributed by atoms with Gasteiger partial charge in [0.25, 0.3) is 0 Å². The number of ether oxygens (including phenoxy) is 2. The molecular weight excluding hydrogens is 262 g/mol. The van der Waals surface area contributed by atoms with E-state index in [4.69, 9.17) is 14.6 Å². The van der Waals surface area contributed by atoms with Crippen LogP contribution in [0.4, 0.5) is 4.79 Å². The fourth-order valence-corrected chi connectivity index (χ4v) is 1.39. The van der Waals surface area contributed by atoms with E-state index in [0.717, 1.165) is 0 Å². The maximum absolute atomic E-state index is 11.4. The number of carboxylic acids is 1. The van der Waals surface area contributed by atoms with Gasteiger partial charge in [-0.25, -0.2) is 9.59 Å². The lowest BCUT2D eigenvalue weighted by atomic mass is 10.2. The Morgan fingerprint density at radius 2 is 2.10 bits per heavy atom. The van der Waals surface area contributed by atoms with E-state index >= 15 is 0 Å². The monoisotopic (exact) mass is 279 g/mol.